The van der Waals surface area contributed by atoms with Crippen LogP contribution >= 0.6 is 0 Å². The lowest BCUT2D eigenvalue weighted by Gasteiger charge is -2.04. The number of hydrogen-bond donors (Lipinski definition) is 1. The number of aromatic nitrogens is 2. The fraction of sp³-hybridized carbons (Fsp3) is 0.545. The molecular formula is C11H17N3O. The number of nitrogens with one attached hydrogen (secondary N) is 1. The summed E-state index contributed by atoms with van der Waals surface area (Å²) in [7, 11) is 0. The summed E-state index contributed by atoms with van der Waals surface area (Å²) in [6.45, 7) is 4.49. The Balaban J connectivity index is 2.46. The van der Waals surface area contributed by atoms with Crippen LogP contribution in [0.2, 0.25) is 0 Å². The van der Waals surface area contributed by atoms with Crippen molar-refractivity contribution in [2.75, 3.05) is 0 Å². The van der Waals surface area contributed by atoms with E-state index in [2.05, 4.69) is 15.3 Å². The van der Waals surface area contributed by atoms with E-state index in [0.29, 0.717) is 13.0 Å². The van der Waals surface area contributed by atoms with Gasteiger partial charge in [-0.25, -0.2) is 9.97 Å². The third-order valence-corrected chi connectivity index (χ3v) is 2.02. The van der Waals surface area contributed by atoms with E-state index in [1.54, 1.807) is 6.20 Å². The number of rotatable bonds is 5. The minimum absolute atomic E-state index is 0.0779. The van der Waals surface area contributed by atoms with Crippen molar-refractivity contribution in [2.24, 2.45) is 0 Å². The first-order valence-corrected chi connectivity index (χ1v) is 5.33. The van der Waals surface area contributed by atoms with Crippen molar-refractivity contribution in [3.63, 3.8) is 0 Å². The zero-order valence-electron chi connectivity index (χ0n) is 9.29. The van der Waals surface area contributed by atoms with Crippen LogP contribution in [0.4, 0.5) is 0 Å². The molecule has 0 spiro atoms. The quantitative estimate of drug-likeness (QED) is 0.795. The molecule has 0 unspecified atom stereocenters. The van der Waals surface area contributed by atoms with Crippen LogP contribution in [-0.2, 0) is 17.8 Å². The molecule has 15 heavy (non-hydrogen) atoms. The number of carbonyl (C=O) groups is 1. The van der Waals surface area contributed by atoms with Gasteiger partial charge < -0.3 is 5.32 Å². The Morgan fingerprint density at radius 1 is 1.47 bits per heavy atom. The molecule has 1 amide bonds. The van der Waals surface area contributed by atoms with Crippen molar-refractivity contribution >= 4 is 5.91 Å². The Morgan fingerprint density at radius 2 is 2.27 bits per heavy atom. The van der Waals surface area contributed by atoms with Gasteiger partial charge in [-0.2, -0.15) is 0 Å². The fourth-order valence-corrected chi connectivity index (χ4v) is 1.21. The van der Waals surface area contributed by atoms with Crippen LogP contribution in [0.15, 0.2) is 12.3 Å². The summed E-state index contributed by atoms with van der Waals surface area (Å²) < 4.78 is 0. The molecule has 0 aliphatic heterocycles. The van der Waals surface area contributed by atoms with E-state index in [1.165, 1.54) is 0 Å². The van der Waals surface area contributed by atoms with Gasteiger partial charge in [0.05, 0.1) is 12.2 Å². The molecule has 0 atom stereocenters. The molecule has 0 bridgehead atoms. The zero-order valence-corrected chi connectivity index (χ0v) is 9.29. The normalized spacial score (nSPS) is 10.0. The van der Waals surface area contributed by atoms with Crippen molar-refractivity contribution in [3.8, 4) is 0 Å². The minimum atomic E-state index is 0.0779. The minimum Gasteiger partial charge on any atom is -0.350 e. The monoisotopic (exact) mass is 207 g/mol. The average molecular weight is 207 g/mol. The first-order chi connectivity index (χ1) is 7.26. The third kappa shape index (κ3) is 4.06. The Labute approximate surface area is 90.1 Å². The van der Waals surface area contributed by atoms with Gasteiger partial charge in [0, 0.05) is 19.0 Å². The number of hydrogen-bond acceptors (Lipinski definition) is 3. The van der Waals surface area contributed by atoms with Gasteiger partial charge in [-0.05, 0) is 12.5 Å². The van der Waals surface area contributed by atoms with Crippen LogP contribution in [0.25, 0.3) is 0 Å². The molecule has 0 radical (unpaired) electrons. The lowest BCUT2D eigenvalue weighted by molar-refractivity contribution is -0.121. The lowest BCUT2D eigenvalue weighted by atomic mass is 10.3. The number of aryl methyl sites for hydroxylation is 1. The summed E-state index contributed by atoms with van der Waals surface area (Å²) in [5.74, 6) is 0.895. The smallest absolute Gasteiger partial charge is 0.220 e. The summed E-state index contributed by atoms with van der Waals surface area (Å²) in [5.41, 5.74) is 0.867. The predicted molar refractivity (Wildman–Crippen MR) is 58.2 cm³/mol. The highest BCUT2D eigenvalue weighted by atomic mass is 16.1. The van der Waals surface area contributed by atoms with Gasteiger partial charge in [-0.15, -0.1) is 0 Å². The van der Waals surface area contributed by atoms with Crippen LogP contribution in [0.3, 0.4) is 0 Å². The van der Waals surface area contributed by atoms with Crippen LogP contribution < -0.4 is 5.32 Å². The summed E-state index contributed by atoms with van der Waals surface area (Å²) in [6, 6.07) is 1.82. The molecular weight excluding hydrogens is 190 g/mol. The molecule has 0 aliphatic carbocycles. The highest BCUT2D eigenvalue weighted by Crippen LogP contribution is 1.96. The molecule has 1 rings (SSSR count). The summed E-state index contributed by atoms with van der Waals surface area (Å²) in [4.78, 5) is 19.6. The molecule has 1 aromatic heterocycles. The van der Waals surface area contributed by atoms with E-state index in [9.17, 15) is 4.79 Å². The first-order valence-electron chi connectivity index (χ1n) is 5.33. The van der Waals surface area contributed by atoms with E-state index >= 15 is 0 Å². The van der Waals surface area contributed by atoms with Gasteiger partial charge in [0.25, 0.3) is 0 Å². The predicted octanol–water partition coefficient (Wildman–Crippen LogP) is 1.46. The van der Waals surface area contributed by atoms with E-state index in [1.807, 2.05) is 19.9 Å². The second-order valence-electron chi connectivity index (χ2n) is 3.34. The number of amides is 1. The van der Waals surface area contributed by atoms with Crippen molar-refractivity contribution in [1.82, 2.24) is 15.3 Å². The van der Waals surface area contributed by atoms with Gasteiger partial charge in [0.2, 0.25) is 5.91 Å². The standard InChI is InChI=1S/C11H17N3O/c1-3-5-11(15)13-8-9-6-7-12-10(4-2)14-9/h6-7H,3-5,8H2,1-2H3,(H,13,15). The average Bonchev–Trinajstić information content (AvgIpc) is 2.27. The Kier molecular flexibility index (Phi) is 4.74. The first kappa shape index (κ1) is 11.6. The summed E-state index contributed by atoms with van der Waals surface area (Å²) >= 11 is 0. The van der Waals surface area contributed by atoms with Crippen molar-refractivity contribution in [1.29, 1.82) is 0 Å². The maximum absolute atomic E-state index is 11.2. The van der Waals surface area contributed by atoms with E-state index in [4.69, 9.17) is 0 Å². The molecule has 0 fully saturated rings. The van der Waals surface area contributed by atoms with Gasteiger partial charge in [-0.3, -0.25) is 4.79 Å². The molecule has 0 aliphatic rings. The van der Waals surface area contributed by atoms with Crippen molar-refractivity contribution < 1.29 is 4.79 Å². The van der Waals surface area contributed by atoms with Gasteiger partial charge >= 0.3 is 0 Å². The van der Waals surface area contributed by atoms with Gasteiger partial charge in [0.15, 0.2) is 0 Å². The highest BCUT2D eigenvalue weighted by molar-refractivity contribution is 5.75. The van der Waals surface area contributed by atoms with Crippen LogP contribution in [0.1, 0.15) is 38.2 Å². The van der Waals surface area contributed by atoms with E-state index < -0.39 is 0 Å². The van der Waals surface area contributed by atoms with Gasteiger partial charge in [0.1, 0.15) is 5.82 Å². The molecule has 1 N–H and O–H groups in total. The maximum atomic E-state index is 11.2. The highest BCUT2D eigenvalue weighted by Gasteiger charge is 2.01. The van der Waals surface area contributed by atoms with E-state index in [-0.39, 0.29) is 5.91 Å². The van der Waals surface area contributed by atoms with Gasteiger partial charge in [-0.1, -0.05) is 13.8 Å². The lowest BCUT2D eigenvalue weighted by Crippen LogP contribution is -2.22. The van der Waals surface area contributed by atoms with Crippen molar-refractivity contribution in [3.05, 3.63) is 23.8 Å². The largest absolute Gasteiger partial charge is 0.350 e. The molecule has 4 heteroatoms. The van der Waals surface area contributed by atoms with Crippen LogP contribution in [0.5, 0.6) is 0 Å². The second-order valence-corrected chi connectivity index (χ2v) is 3.34. The molecule has 0 saturated carbocycles. The third-order valence-electron chi connectivity index (χ3n) is 2.02. The number of carbonyl (C=O) groups excluding carboxylic acids is 1. The molecule has 1 heterocycles. The molecule has 1 aromatic rings. The van der Waals surface area contributed by atoms with Crippen LogP contribution in [0, 0.1) is 0 Å². The Bertz CT molecular complexity index is 325. The summed E-state index contributed by atoms with van der Waals surface area (Å²) in [5, 5.41) is 2.82. The SMILES string of the molecule is CCCC(=O)NCc1ccnc(CC)n1. The molecule has 0 saturated heterocycles. The zero-order chi connectivity index (χ0) is 11.1. The van der Waals surface area contributed by atoms with Crippen molar-refractivity contribution in [2.45, 2.75) is 39.7 Å². The molecule has 4 nitrogen and oxygen atoms in total. The fourth-order valence-electron chi connectivity index (χ4n) is 1.21. The Morgan fingerprint density at radius 3 is 2.93 bits per heavy atom. The second kappa shape index (κ2) is 6.11. The summed E-state index contributed by atoms with van der Waals surface area (Å²) in [6.07, 6.45) is 3.99. The maximum Gasteiger partial charge on any atom is 0.220 e. The molecule has 0 aromatic carbocycles. The number of nitrogens with zero attached hydrogens (tertiary/aromatic N) is 2. The Hall–Kier alpha value is -1.45. The topological polar surface area (TPSA) is 54.9 Å². The van der Waals surface area contributed by atoms with E-state index in [0.717, 1.165) is 24.4 Å². The molecule has 82 valence electrons. The van der Waals surface area contributed by atoms with Crippen LogP contribution in [-0.4, -0.2) is 15.9 Å².